The molecule has 2 rings (SSSR count). The standard InChI is InChI=1S/C20H15BrClN7O2/c1-11-7-12(10-24)8-13(19(30)27-6-4-23)17(11)29-20(31)15(9-16(21)25)28-18-14(22)3-2-5-26-18/h2-3,5,7-9,25H,6H2,1H3,(H,26,28)(H,27,30)(H,29,31). The molecular formula is C20H15BrClN7O2. The van der Waals surface area contributed by atoms with Gasteiger partial charge in [0.05, 0.1) is 38.6 Å². The molecule has 0 fully saturated rings. The van der Waals surface area contributed by atoms with Crippen molar-refractivity contribution in [1.82, 2.24) is 10.3 Å². The number of anilines is 2. The van der Waals surface area contributed by atoms with E-state index in [4.69, 9.17) is 22.3 Å². The van der Waals surface area contributed by atoms with Crippen molar-refractivity contribution in [3.8, 4) is 12.1 Å². The summed E-state index contributed by atoms with van der Waals surface area (Å²) >= 11 is 9.05. The number of carbonyl (C=O) groups excluding carboxylic acids is 2. The van der Waals surface area contributed by atoms with Crippen LogP contribution in [0.15, 0.2) is 42.2 Å². The predicted molar refractivity (Wildman–Crippen MR) is 120 cm³/mol. The number of aromatic nitrogens is 1. The molecule has 9 nitrogen and oxygen atoms in total. The molecule has 0 atom stereocenters. The van der Waals surface area contributed by atoms with Crippen molar-refractivity contribution in [2.45, 2.75) is 6.92 Å². The minimum atomic E-state index is -0.687. The minimum absolute atomic E-state index is 0.0179. The quantitative estimate of drug-likeness (QED) is 0.259. The zero-order valence-electron chi connectivity index (χ0n) is 16.1. The molecule has 0 aliphatic rings. The Morgan fingerprint density at radius 1 is 1.32 bits per heavy atom. The number of amides is 2. The monoisotopic (exact) mass is 499 g/mol. The van der Waals surface area contributed by atoms with Crippen LogP contribution in [0.2, 0.25) is 5.02 Å². The second-order valence-electron chi connectivity index (χ2n) is 5.99. The van der Waals surface area contributed by atoms with Crippen molar-refractivity contribution in [3.63, 3.8) is 0 Å². The van der Waals surface area contributed by atoms with E-state index in [9.17, 15) is 14.9 Å². The molecule has 0 aliphatic carbocycles. The third kappa shape index (κ3) is 6.37. The Kier molecular flexibility index (Phi) is 8.26. The lowest BCUT2D eigenvalue weighted by Crippen LogP contribution is -2.27. The predicted octanol–water partition coefficient (Wildman–Crippen LogP) is 3.48. The highest BCUT2D eigenvalue weighted by atomic mass is 79.9. The first kappa shape index (κ1) is 23.5. The van der Waals surface area contributed by atoms with Crippen LogP contribution in [0.25, 0.3) is 0 Å². The van der Waals surface area contributed by atoms with Gasteiger partial charge in [0, 0.05) is 6.20 Å². The van der Waals surface area contributed by atoms with Gasteiger partial charge >= 0.3 is 0 Å². The molecule has 0 unspecified atom stereocenters. The van der Waals surface area contributed by atoms with Gasteiger partial charge < -0.3 is 16.0 Å². The number of carbonyl (C=O) groups is 2. The zero-order chi connectivity index (χ0) is 23.0. The van der Waals surface area contributed by atoms with Crippen LogP contribution in [-0.2, 0) is 4.79 Å². The van der Waals surface area contributed by atoms with Gasteiger partial charge in [-0.05, 0) is 58.8 Å². The molecule has 0 saturated carbocycles. The van der Waals surface area contributed by atoms with Crippen molar-refractivity contribution in [2.75, 3.05) is 17.2 Å². The summed E-state index contributed by atoms with van der Waals surface area (Å²) in [6.45, 7) is 1.38. The molecule has 1 heterocycles. The second-order valence-corrected chi connectivity index (χ2v) is 7.25. The molecule has 156 valence electrons. The van der Waals surface area contributed by atoms with Gasteiger partial charge in [-0.1, -0.05) is 11.6 Å². The Hall–Kier alpha value is -3.73. The van der Waals surface area contributed by atoms with Crippen molar-refractivity contribution < 1.29 is 9.59 Å². The Morgan fingerprint density at radius 3 is 2.68 bits per heavy atom. The summed E-state index contributed by atoms with van der Waals surface area (Å²) < 4.78 is -0.0965. The van der Waals surface area contributed by atoms with E-state index in [1.807, 2.05) is 6.07 Å². The number of pyridine rings is 1. The molecule has 1 aromatic carbocycles. The van der Waals surface area contributed by atoms with Gasteiger partial charge in [0.25, 0.3) is 11.8 Å². The number of allylic oxidation sites excluding steroid dienone is 1. The summed E-state index contributed by atoms with van der Waals surface area (Å²) in [6, 6.07) is 9.76. The molecule has 0 aliphatic heterocycles. The van der Waals surface area contributed by atoms with E-state index in [0.29, 0.717) is 5.56 Å². The smallest absolute Gasteiger partial charge is 0.272 e. The molecule has 31 heavy (non-hydrogen) atoms. The molecule has 0 spiro atoms. The Morgan fingerprint density at radius 2 is 2.06 bits per heavy atom. The number of nitrogens with zero attached hydrogens (tertiary/aromatic N) is 3. The highest BCUT2D eigenvalue weighted by Gasteiger charge is 2.20. The Labute approximate surface area is 191 Å². The highest BCUT2D eigenvalue weighted by Crippen LogP contribution is 2.25. The van der Waals surface area contributed by atoms with Gasteiger partial charge in [0.2, 0.25) is 0 Å². The van der Waals surface area contributed by atoms with E-state index in [-0.39, 0.29) is 44.5 Å². The number of halogens is 2. The van der Waals surface area contributed by atoms with Crippen molar-refractivity contribution in [1.29, 1.82) is 15.9 Å². The average Bonchev–Trinajstić information content (AvgIpc) is 2.73. The maximum absolute atomic E-state index is 13.0. The fraction of sp³-hybridized carbons (Fsp3) is 0.100. The molecule has 11 heteroatoms. The SMILES string of the molecule is Cc1cc(C#N)cc(C(=O)NCC#N)c1NC(=O)C(=CC(=N)Br)Nc1ncccc1Cl. The molecule has 4 N–H and O–H groups in total. The number of nitrogens with one attached hydrogen (secondary N) is 4. The van der Waals surface area contributed by atoms with Crippen LogP contribution in [-0.4, -0.2) is 28.0 Å². The topological polar surface area (TPSA) is 155 Å². The largest absolute Gasteiger partial charge is 0.339 e. The van der Waals surface area contributed by atoms with Gasteiger partial charge in [-0.15, -0.1) is 0 Å². The van der Waals surface area contributed by atoms with Crippen LogP contribution >= 0.6 is 27.5 Å². The molecule has 2 amide bonds. The van der Waals surface area contributed by atoms with Gasteiger partial charge in [0.15, 0.2) is 0 Å². The highest BCUT2D eigenvalue weighted by molar-refractivity contribution is 9.18. The number of benzene rings is 1. The maximum atomic E-state index is 13.0. The maximum Gasteiger partial charge on any atom is 0.272 e. The molecule has 0 radical (unpaired) electrons. The fourth-order valence-electron chi connectivity index (χ4n) is 2.48. The summed E-state index contributed by atoms with van der Waals surface area (Å²) in [7, 11) is 0. The average molecular weight is 501 g/mol. The van der Waals surface area contributed by atoms with Crippen LogP contribution in [0, 0.1) is 35.0 Å². The van der Waals surface area contributed by atoms with Gasteiger partial charge in [0.1, 0.15) is 18.1 Å². The molecular weight excluding hydrogens is 486 g/mol. The van der Waals surface area contributed by atoms with Crippen LogP contribution < -0.4 is 16.0 Å². The first-order chi connectivity index (χ1) is 14.8. The van der Waals surface area contributed by atoms with Crippen LogP contribution in [0.4, 0.5) is 11.5 Å². The Bertz CT molecular complexity index is 1170. The summed E-state index contributed by atoms with van der Waals surface area (Å²) in [5.41, 5.74) is 0.770. The molecule has 0 bridgehead atoms. The third-order valence-electron chi connectivity index (χ3n) is 3.80. The lowest BCUT2D eigenvalue weighted by molar-refractivity contribution is -0.112. The minimum Gasteiger partial charge on any atom is -0.339 e. The fourth-order valence-corrected chi connectivity index (χ4v) is 2.88. The third-order valence-corrected chi connectivity index (χ3v) is 4.34. The summed E-state index contributed by atoms with van der Waals surface area (Å²) in [4.78, 5) is 29.5. The second kappa shape index (κ2) is 10.9. The van der Waals surface area contributed by atoms with Crippen LogP contribution in [0.3, 0.4) is 0 Å². The van der Waals surface area contributed by atoms with Crippen molar-refractivity contribution in [3.05, 3.63) is 63.9 Å². The number of rotatable bonds is 7. The Balaban J connectivity index is 2.44. The van der Waals surface area contributed by atoms with E-state index < -0.39 is 11.8 Å². The van der Waals surface area contributed by atoms with Crippen molar-refractivity contribution >= 4 is 55.5 Å². The summed E-state index contributed by atoms with van der Waals surface area (Å²) in [5.74, 6) is -1.12. The molecule has 2 aromatic rings. The number of nitriles is 2. The normalized spacial score (nSPS) is 10.4. The number of aryl methyl sites for hydroxylation is 1. The summed E-state index contributed by atoms with van der Waals surface area (Å²) in [6.07, 6.45) is 2.68. The molecule has 0 saturated heterocycles. The lowest BCUT2D eigenvalue weighted by atomic mass is 10.0. The number of hydrogen-bond donors (Lipinski definition) is 4. The van der Waals surface area contributed by atoms with E-state index >= 15 is 0 Å². The van der Waals surface area contributed by atoms with Gasteiger partial charge in [-0.25, -0.2) is 4.98 Å². The summed E-state index contributed by atoms with van der Waals surface area (Å²) in [5, 5.41) is 33.6. The first-order valence-corrected chi connectivity index (χ1v) is 9.78. The lowest BCUT2D eigenvalue weighted by Gasteiger charge is -2.16. The number of hydrogen-bond acceptors (Lipinski definition) is 7. The molecule has 1 aromatic heterocycles. The van der Waals surface area contributed by atoms with Crippen LogP contribution in [0.5, 0.6) is 0 Å². The van der Waals surface area contributed by atoms with E-state index in [1.165, 1.54) is 24.4 Å². The van der Waals surface area contributed by atoms with Gasteiger partial charge in [-0.3, -0.25) is 15.0 Å². The zero-order valence-corrected chi connectivity index (χ0v) is 18.4. The van der Waals surface area contributed by atoms with Gasteiger partial charge in [-0.2, -0.15) is 10.5 Å². The van der Waals surface area contributed by atoms with E-state index in [2.05, 4.69) is 36.9 Å². The van der Waals surface area contributed by atoms with E-state index in [0.717, 1.165) is 0 Å². The van der Waals surface area contributed by atoms with Crippen molar-refractivity contribution in [2.24, 2.45) is 0 Å². The first-order valence-electron chi connectivity index (χ1n) is 8.61. The van der Waals surface area contributed by atoms with E-state index in [1.54, 1.807) is 25.1 Å². The van der Waals surface area contributed by atoms with Crippen LogP contribution in [0.1, 0.15) is 21.5 Å².